The molecule has 0 saturated heterocycles. The molecular formula is C16H13ClO2. The second kappa shape index (κ2) is 4.71. The van der Waals surface area contributed by atoms with Crippen molar-refractivity contribution in [2.75, 3.05) is 5.88 Å². The Balaban J connectivity index is 2.24. The number of para-hydroxylation sites is 1. The first-order valence-electron chi connectivity index (χ1n) is 6.22. The summed E-state index contributed by atoms with van der Waals surface area (Å²) in [5.74, 6) is 0.806. The van der Waals surface area contributed by atoms with Crippen LogP contribution in [-0.2, 0) is 10.2 Å². The van der Waals surface area contributed by atoms with E-state index in [1.165, 1.54) is 0 Å². The lowest BCUT2D eigenvalue weighted by Crippen LogP contribution is -2.35. The predicted molar refractivity (Wildman–Crippen MR) is 74.6 cm³/mol. The van der Waals surface area contributed by atoms with Gasteiger partial charge in [-0.05, 0) is 18.1 Å². The van der Waals surface area contributed by atoms with Crippen LogP contribution in [0.4, 0.5) is 0 Å². The van der Waals surface area contributed by atoms with Gasteiger partial charge in [-0.15, -0.1) is 11.6 Å². The van der Waals surface area contributed by atoms with Crippen molar-refractivity contribution in [3.63, 3.8) is 0 Å². The van der Waals surface area contributed by atoms with Crippen molar-refractivity contribution in [1.29, 1.82) is 0 Å². The van der Waals surface area contributed by atoms with E-state index in [2.05, 4.69) is 0 Å². The van der Waals surface area contributed by atoms with E-state index in [-0.39, 0.29) is 5.97 Å². The second-order valence-corrected chi connectivity index (χ2v) is 4.97. The molecule has 0 amide bonds. The fraction of sp³-hybridized carbons (Fsp3) is 0.188. The average Bonchev–Trinajstić information content (AvgIpc) is 2.74. The number of fused-ring (bicyclic) bond motifs is 1. The zero-order valence-electron chi connectivity index (χ0n) is 10.3. The summed E-state index contributed by atoms with van der Waals surface area (Å²) < 4.78 is 5.43. The lowest BCUT2D eigenvalue weighted by Gasteiger charge is -2.25. The smallest absolute Gasteiger partial charge is 0.326 e. The van der Waals surface area contributed by atoms with Gasteiger partial charge in [0.1, 0.15) is 11.2 Å². The van der Waals surface area contributed by atoms with Crippen LogP contribution in [0, 0.1) is 0 Å². The Morgan fingerprint density at radius 2 is 1.68 bits per heavy atom. The van der Waals surface area contributed by atoms with Crippen LogP contribution in [0.15, 0.2) is 54.6 Å². The topological polar surface area (TPSA) is 26.3 Å². The third kappa shape index (κ3) is 1.75. The summed E-state index contributed by atoms with van der Waals surface area (Å²) >= 11 is 5.95. The molecule has 0 radical (unpaired) electrons. The standard InChI is InChI=1S/C16H13ClO2/c17-11-10-16(12-6-2-1-3-7-12)13-8-4-5-9-14(13)19-15(16)18/h1-9H,10-11H2. The summed E-state index contributed by atoms with van der Waals surface area (Å²) in [6, 6.07) is 17.3. The largest absolute Gasteiger partial charge is 0.425 e. The Morgan fingerprint density at radius 3 is 2.42 bits per heavy atom. The Kier molecular flexibility index (Phi) is 3.03. The molecule has 2 aromatic carbocycles. The molecule has 0 fully saturated rings. The molecule has 0 spiro atoms. The second-order valence-electron chi connectivity index (χ2n) is 4.60. The SMILES string of the molecule is O=C1Oc2ccccc2C1(CCCl)c1ccccc1. The van der Waals surface area contributed by atoms with Crippen LogP contribution in [0.3, 0.4) is 0 Å². The first-order chi connectivity index (χ1) is 9.29. The zero-order valence-corrected chi connectivity index (χ0v) is 11.1. The Bertz CT molecular complexity index is 609. The van der Waals surface area contributed by atoms with Gasteiger partial charge in [0.05, 0.1) is 0 Å². The molecule has 1 aliphatic heterocycles. The average molecular weight is 273 g/mol. The van der Waals surface area contributed by atoms with Crippen LogP contribution in [0.5, 0.6) is 5.75 Å². The highest BCUT2D eigenvalue weighted by Crippen LogP contribution is 2.46. The van der Waals surface area contributed by atoms with E-state index in [1.807, 2.05) is 54.6 Å². The summed E-state index contributed by atoms with van der Waals surface area (Å²) in [6.45, 7) is 0. The van der Waals surface area contributed by atoms with Crippen LogP contribution in [0.25, 0.3) is 0 Å². The number of hydrogen-bond acceptors (Lipinski definition) is 2. The maximum absolute atomic E-state index is 12.5. The number of halogens is 1. The van der Waals surface area contributed by atoms with Gasteiger partial charge < -0.3 is 4.74 Å². The van der Waals surface area contributed by atoms with Gasteiger partial charge in [0.2, 0.25) is 0 Å². The van der Waals surface area contributed by atoms with Crippen molar-refractivity contribution in [3.8, 4) is 5.75 Å². The molecule has 19 heavy (non-hydrogen) atoms. The number of esters is 1. The number of benzene rings is 2. The molecule has 0 bridgehead atoms. The van der Waals surface area contributed by atoms with Gasteiger partial charge in [0.25, 0.3) is 0 Å². The molecule has 96 valence electrons. The molecule has 3 heteroatoms. The minimum Gasteiger partial charge on any atom is -0.425 e. The van der Waals surface area contributed by atoms with E-state index in [0.29, 0.717) is 18.1 Å². The van der Waals surface area contributed by atoms with Gasteiger partial charge in [-0.1, -0.05) is 48.5 Å². The summed E-state index contributed by atoms with van der Waals surface area (Å²) in [5, 5.41) is 0. The maximum Gasteiger partial charge on any atom is 0.326 e. The van der Waals surface area contributed by atoms with Crippen molar-refractivity contribution >= 4 is 17.6 Å². The molecule has 1 heterocycles. The summed E-state index contributed by atoms with van der Waals surface area (Å²) in [4.78, 5) is 12.5. The number of hydrogen-bond donors (Lipinski definition) is 0. The minimum absolute atomic E-state index is 0.236. The van der Waals surface area contributed by atoms with E-state index < -0.39 is 5.41 Å². The monoisotopic (exact) mass is 272 g/mol. The fourth-order valence-electron chi connectivity index (χ4n) is 2.72. The van der Waals surface area contributed by atoms with Gasteiger partial charge >= 0.3 is 5.97 Å². The third-order valence-corrected chi connectivity index (χ3v) is 3.82. The van der Waals surface area contributed by atoms with Gasteiger partial charge in [-0.3, -0.25) is 4.79 Å². The van der Waals surface area contributed by atoms with Crippen molar-refractivity contribution in [1.82, 2.24) is 0 Å². The molecule has 0 aromatic heterocycles. The molecule has 0 N–H and O–H groups in total. The van der Waals surface area contributed by atoms with Gasteiger partial charge in [-0.25, -0.2) is 0 Å². The highest BCUT2D eigenvalue weighted by molar-refractivity contribution is 6.18. The van der Waals surface area contributed by atoms with Gasteiger partial charge in [0, 0.05) is 11.4 Å². The summed E-state index contributed by atoms with van der Waals surface area (Å²) in [7, 11) is 0. The van der Waals surface area contributed by atoms with Crippen LogP contribution >= 0.6 is 11.6 Å². The maximum atomic E-state index is 12.5. The molecule has 1 aliphatic rings. The van der Waals surface area contributed by atoms with Crippen LogP contribution in [0.2, 0.25) is 0 Å². The molecule has 1 unspecified atom stereocenters. The first-order valence-corrected chi connectivity index (χ1v) is 6.76. The van der Waals surface area contributed by atoms with E-state index in [0.717, 1.165) is 11.1 Å². The summed E-state index contributed by atoms with van der Waals surface area (Å²) in [6.07, 6.45) is 0.536. The number of carbonyl (C=O) groups excluding carboxylic acids is 1. The van der Waals surface area contributed by atoms with Crippen LogP contribution in [-0.4, -0.2) is 11.8 Å². The Hall–Kier alpha value is -1.80. The molecule has 0 saturated carbocycles. The zero-order chi connectivity index (χ0) is 13.3. The molecule has 2 nitrogen and oxygen atoms in total. The Morgan fingerprint density at radius 1 is 1.00 bits per heavy atom. The molecular weight excluding hydrogens is 260 g/mol. The number of rotatable bonds is 3. The van der Waals surface area contributed by atoms with Crippen LogP contribution < -0.4 is 4.74 Å². The van der Waals surface area contributed by atoms with Crippen molar-refractivity contribution in [3.05, 3.63) is 65.7 Å². The molecule has 3 rings (SSSR count). The quantitative estimate of drug-likeness (QED) is 0.485. The van der Waals surface area contributed by atoms with E-state index in [9.17, 15) is 4.79 Å². The lowest BCUT2D eigenvalue weighted by molar-refractivity contribution is -0.136. The number of ether oxygens (including phenoxy) is 1. The predicted octanol–water partition coefficient (Wildman–Crippen LogP) is 3.52. The van der Waals surface area contributed by atoms with Crippen molar-refractivity contribution in [2.45, 2.75) is 11.8 Å². The minimum atomic E-state index is -0.764. The van der Waals surface area contributed by atoms with E-state index in [1.54, 1.807) is 0 Å². The molecule has 0 aliphatic carbocycles. The Labute approximate surface area is 117 Å². The fourth-order valence-corrected chi connectivity index (χ4v) is 3.01. The molecule has 2 aromatic rings. The lowest BCUT2D eigenvalue weighted by atomic mass is 9.73. The molecule has 1 atom stereocenters. The van der Waals surface area contributed by atoms with Gasteiger partial charge in [-0.2, -0.15) is 0 Å². The summed E-state index contributed by atoms with van der Waals surface area (Å²) in [5.41, 5.74) is 1.08. The third-order valence-electron chi connectivity index (χ3n) is 3.63. The highest BCUT2D eigenvalue weighted by atomic mass is 35.5. The normalized spacial score (nSPS) is 21.0. The van der Waals surface area contributed by atoms with E-state index in [4.69, 9.17) is 16.3 Å². The van der Waals surface area contributed by atoms with Gasteiger partial charge in [0.15, 0.2) is 0 Å². The van der Waals surface area contributed by atoms with E-state index >= 15 is 0 Å². The number of carbonyl (C=O) groups is 1. The highest BCUT2D eigenvalue weighted by Gasteiger charge is 2.49. The van der Waals surface area contributed by atoms with Crippen LogP contribution in [0.1, 0.15) is 17.5 Å². The van der Waals surface area contributed by atoms with Crippen molar-refractivity contribution in [2.24, 2.45) is 0 Å². The first kappa shape index (κ1) is 12.2. The number of alkyl halides is 1. The van der Waals surface area contributed by atoms with Crippen molar-refractivity contribution < 1.29 is 9.53 Å².